The summed E-state index contributed by atoms with van der Waals surface area (Å²) < 4.78 is 4.96. The van der Waals surface area contributed by atoms with E-state index in [0.717, 1.165) is 5.69 Å². The molecule has 1 rings (SSSR count). The topological polar surface area (TPSA) is 71.2 Å². The molecule has 5 heteroatoms. The number of amides is 1. The van der Waals surface area contributed by atoms with Crippen LogP contribution in [0.25, 0.3) is 0 Å². The number of pyridine rings is 1. The number of hydrogen-bond donors (Lipinski definition) is 2. The average molecular weight is 238 g/mol. The highest BCUT2D eigenvalue weighted by atomic mass is 16.5. The number of rotatable bonds is 5. The Morgan fingerprint density at radius 3 is 2.88 bits per heavy atom. The van der Waals surface area contributed by atoms with Crippen LogP contribution < -0.4 is 10.7 Å². The number of aromatic nitrogens is 1. The van der Waals surface area contributed by atoms with Crippen molar-refractivity contribution in [2.45, 2.75) is 13.8 Å². The normalized spacial score (nSPS) is 12.2. The maximum atomic E-state index is 11.7. The van der Waals surface area contributed by atoms with E-state index in [1.165, 1.54) is 12.3 Å². The first-order valence-electron chi connectivity index (χ1n) is 5.51. The Balaban J connectivity index is 2.61. The molecule has 0 saturated heterocycles. The first-order chi connectivity index (χ1) is 8.04. The van der Waals surface area contributed by atoms with E-state index in [4.69, 9.17) is 4.74 Å². The van der Waals surface area contributed by atoms with E-state index in [2.05, 4.69) is 10.3 Å². The number of ether oxygens (including phenoxy) is 1. The lowest BCUT2D eigenvalue weighted by Crippen LogP contribution is -2.33. The van der Waals surface area contributed by atoms with Crippen molar-refractivity contribution < 1.29 is 9.53 Å². The van der Waals surface area contributed by atoms with Crippen LogP contribution in [0.4, 0.5) is 0 Å². The maximum absolute atomic E-state index is 11.7. The van der Waals surface area contributed by atoms with Crippen LogP contribution in [0.5, 0.6) is 0 Å². The fourth-order valence-electron chi connectivity index (χ4n) is 1.46. The molecule has 0 aromatic carbocycles. The molecule has 1 unspecified atom stereocenters. The fraction of sp³-hybridized carbons (Fsp3) is 0.500. The van der Waals surface area contributed by atoms with Gasteiger partial charge in [-0.3, -0.25) is 9.59 Å². The Morgan fingerprint density at radius 2 is 2.29 bits per heavy atom. The molecule has 1 heterocycles. The molecule has 1 aromatic rings. The minimum Gasteiger partial charge on any atom is -0.384 e. The van der Waals surface area contributed by atoms with Crippen LogP contribution in [0.3, 0.4) is 0 Å². The van der Waals surface area contributed by atoms with E-state index in [9.17, 15) is 9.59 Å². The smallest absolute Gasteiger partial charge is 0.256 e. The van der Waals surface area contributed by atoms with Gasteiger partial charge in [0.15, 0.2) is 5.43 Å². The van der Waals surface area contributed by atoms with Crippen LogP contribution in [0.1, 0.15) is 23.0 Å². The quantitative estimate of drug-likeness (QED) is 0.793. The summed E-state index contributed by atoms with van der Waals surface area (Å²) in [4.78, 5) is 26.1. The number of carbonyl (C=O) groups excluding carboxylic acids is 1. The lowest BCUT2D eigenvalue weighted by atomic mass is 10.2. The molecule has 0 fully saturated rings. The third-order valence-corrected chi connectivity index (χ3v) is 2.36. The molecule has 0 aliphatic heterocycles. The van der Waals surface area contributed by atoms with Gasteiger partial charge in [0, 0.05) is 31.6 Å². The van der Waals surface area contributed by atoms with Crippen molar-refractivity contribution in [3.05, 3.63) is 33.7 Å². The highest BCUT2D eigenvalue weighted by Crippen LogP contribution is 1.95. The molecule has 0 bridgehead atoms. The molecule has 0 spiro atoms. The van der Waals surface area contributed by atoms with Crippen LogP contribution >= 0.6 is 0 Å². The maximum Gasteiger partial charge on any atom is 0.256 e. The molecule has 94 valence electrons. The highest BCUT2D eigenvalue weighted by molar-refractivity contribution is 5.93. The van der Waals surface area contributed by atoms with Gasteiger partial charge in [-0.25, -0.2) is 0 Å². The van der Waals surface area contributed by atoms with Crippen molar-refractivity contribution in [2.75, 3.05) is 20.3 Å². The van der Waals surface area contributed by atoms with Gasteiger partial charge in [-0.1, -0.05) is 6.92 Å². The van der Waals surface area contributed by atoms with Crippen LogP contribution in [-0.4, -0.2) is 31.2 Å². The number of nitrogens with one attached hydrogen (secondary N) is 2. The van der Waals surface area contributed by atoms with E-state index in [1.54, 1.807) is 14.0 Å². The summed E-state index contributed by atoms with van der Waals surface area (Å²) in [7, 11) is 1.61. The molecule has 2 N–H and O–H groups in total. The van der Waals surface area contributed by atoms with Gasteiger partial charge in [0.1, 0.15) is 5.56 Å². The Kier molecular flexibility index (Phi) is 4.90. The summed E-state index contributed by atoms with van der Waals surface area (Å²) in [6.45, 7) is 4.79. The van der Waals surface area contributed by atoms with E-state index >= 15 is 0 Å². The van der Waals surface area contributed by atoms with E-state index in [-0.39, 0.29) is 22.8 Å². The molecule has 1 atom stereocenters. The number of aromatic amines is 1. The number of H-pyrrole nitrogens is 1. The third-order valence-electron chi connectivity index (χ3n) is 2.36. The van der Waals surface area contributed by atoms with Gasteiger partial charge >= 0.3 is 0 Å². The van der Waals surface area contributed by atoms with Gasteiger partial charge in [0.05, 0.1) is 6.61 Å². The second-order valence-corrected chi connectivity index (χ2v) is 4.16. The lowest BCUT2D eigenvalue weighted by molar-refractivity contribution is 0.0932. The zero-order valence-corrected chi connectivity index (χ0v) is 10.4. The Bertz CT molecular complexity index is 440. The first-order valence-corrected chi connectivity index (χ1v) is 5.51. The Hall–Kier alpha value is -1.62. The second kappa shape index (κ2) is 6.20. The lowest BCUT2D eigenvalue weighted by Gasteiger charge is -2.11. The summed E-state index contributed by atoms with van der Waals surface area (Å²) in [6, 6.07) is 1.41. The van der Waals surface area contributed by atoms with Crippen LogP contribution in [0, 0.1) is 12.8 Å². The predicted molar refractivity (Wildman–Crippen MR) is 65.2 cm³/mol. The van der Waals surface area contributed by atoms with Crippen molar-refractivity contribution >= 4 is 5.91 Å². The van der Waals surface area contributed by atoms with Crippen molar-refractivity contribution in [3.8, 4) is 0 Å². The van der Waals surface area contributed by atoms with E-state index in [0.29, 0.717) is 13.2 Å². The SMILES string of the molecule is COCC(C)CNC(=O)c1c[nH]c(C)cc1=O. The van der Waals surface area contributed by atoms with Gasteiger partial charge in [-0.05, 0) is 12.8 Å². The number of hydrogen-bond acceptors (Lipinski definition) is 3. The summed E-state index contributed by atoms with van der Waals surface area (Å²) in [6.07, 6.45) is 1.44. The molecule has 17 heavy (non-hydrogen) atoms. The summed E-state index contributed by atoms with van der Waals surface area (Å²) >= 11 is 0. The molecular formula is C12H18N2O3. The predicted octanol–water partition coefficient (Wildman–Crippen LogP) is 0.696. The molecule has 0 radical (unpaired) electrons. The zero-order valence-electron chi connectivity index (χ0n) is 10.4. The molecule has 1 amide bonds. The first kappa shape index (κ1) is 13.4. The molecular weight excluding hydrogens is 220 g/mol. The largest absolute Gasteiger partial charge is 0.384 e. The Labute approximate surface area is 100 Å². The summed E-state index contributed by atoms with van der Waals surface area (Å²) in [5.74, 6) is -0.136. The van der Waals surface area contributed by atoms with Crippen LogP contribution in [0.15, 0.2) is 17.1 Å². The van der Waals surface area contributed by atoms with Crippen molar-refractivity contribution in [1.82, 2.24) is 10.3 Å². The van der Waals surface area contributed by atoms with E-state index in [1.807, 2.05) is 6.92 Å². The van der Waals surface area contributed by atoms with Crippen molar-refractivity contribution in [2.24, 2.45) is 5.92 Å². The van der Waals surface area contributed by atoms with Gasteiger partial charge in [0.2, 0.25) is 0 Å². The van der Waals surface area contributed by atoms with Gasteiger partial charge < -0.3 is 15.0 Å². The molecule has 0 saturated carbocycles. The summed E-state index contributed by atoms with van der Waals surface area (Å²) in [5, 5.41) is 2.70. The van der Waals surface area contributed by atoms with Crippen molar-refractivity contribution in [3.63, 3.8) is 0 Å². The monoisotopic (exact) mass is 238 g/mol. The average Bonchev–Trinajstić information content (AvgIpc) is 2.26. The standard InChI is InChI=1S/C12H18N2O3/c1-8(7-17-3)5-14-12(16)10-6-13-9(2)4-11(10)15/h4,6,8H,5,7H2,1-3H3,(H,13,15)(H,14,16). The third kappa shape index (κ3) is 4.03. The second-order valence-electron chi connectivity index (χ2n) is 4.16. The minimum absolute atomic E-state index is 0.139. The molecule has 5 nitrogen and oxygen atoms in total. The minimum atomic E-state index is -0.353. The van der Waals surface area contributed by atoms with Crippen LogP contribution in [0.2, 0.25) is 0 Å². The molecule has 1 aromatic heterocycles. The van der Waals surface area contributed by atoms with Crippen molar-refractivity contribution in [1.29, 1.82) is 0 Å². The molecule has 0 aliphatic rings. The number of aryl methyl sites for hydroxylation is 1. The Morgan fingerprint density at radius 1 is 1.59 bits per heavy atom. The fourth-order valence-corrected chi connectivity index (χ4v) is 1.46. The number of carbonyl (C=O) groups is 1. The number of methoxy groups -OCH3 is 1. The van der Waals surface area contributed by atoms with Gasteiger partial charge in [-0.15, -0.1) is 0 Å². The van der Waals surface area contributed by atoms with Gasteiger partial charge in [0.25, 0.3) is 5.91 Å². The van der Waals surface area contributed by atoms with Gasteiger partial charge in [-0.2, -0.15) is 0 Å². The van der Waals surface area contributed by atoms with E-state index < -0.39 is 0 Å². The summed E-state index contributed by atoms with van der Waals surface area (Å²) in [5.41, 5.74) is 0.609. The highest BCUT2D eigenvalue weighted by Gasteiger charge is 2.11. The zero-order chi connectivity index (χ0) is 12.8. The van der Waals surface area contributed by atoms with Crippen LogP contribution in [-0.2, 0) is 4.74 Å². The molecule has 0 aliphatic carbocycles.